The summed E-state index contributed by atoms with van der Waals surface area (Å²) >= 11 is 0. The molecular formula is C13H24O. The fourth-order valence-corrected chi connectivity index (χ4v) is 0.319. The Balaban J connectivity index is -0.000000170. The molecule has 0 rings (SSSR count). The van der Waals surface area contributed by atoms with Crippen molar-refractivity contribution in [2.24, 2.45) is 5.92 Å². The van der Waals surface area contributed by atoms with Crippen LogP contribution in [0.15, 0.2) is 24.7 Å². The monoisotopic (exact) mass is 196 g/mol. The van der Waals surface area contributed by atoms with Gasteiger partial charge in [-0.1, -0.05) is 40.9 Å². The van der Waals surface area contributed by atoms with E-state index in [1.807, 2.05) is 6.92 Å². The van der Waals surface area contributed by atoms with Gasteiger partial charge in [0.15, 0.2) is 0 Å². The summed E-state index contributed by atoms with van der Waals surface area (Å²) < 4.78 is 5.01. The molecule has 14 heavy (non-hydrogen) atoms. The summed E-state index contributed by atoms with van der Waals surface area (Å²) in [5.74, 6) is 2.31. The molecule has 0 atom stereocenters. The zero-order valence-corrected chi connectivity index (χ0v) is 10.3. The van der Waals surface area contributed by atoms with Crippen molar-refractivity contribution in [2.75, 3.05) is 0 Å². The van der Waals surface area contributed by atoms with Crippen LogP contribution < -0.4 is 0 Å². The van der Waals surface area contributed by atoms with Crippen LogP contribution in [0, 0.1) is 18.8 Å². The highest BCUT2D eigenvalue weighted by molar-refractivity contribution is 4.88. The molecule has 0 aromatic rings. The van der Waals surface area contributed by atoms with Crippen molar-refractivity contribution < 1.29 is 4.74 Å². The summed E-state index contributed by atoms with van der Waals surface area (Å²) in [6.45, 7) is 17.5. The smallest absolute Gasteiger partial charge is 0.0961 e. The number of ether oxygens (including phenoxy) is 1. The van der Waals surface area contributed by atoms with Gasteiger partial charge in [-0.3, -0.25) is 0 Å². The van der Waals surface area contributed by atoms with Crippen LogP contribution in [0.25, 0.3) is 0 Å². The van der Waals surface area contributed by atoms with Crippen molar-refractivity contribution in [1.29, 1.82) is 0 Å². The molecule has 82 valence electrons. The second-order valence-electron chi connectivity index (χ2n) is 3.43. The molecule has 0 aromatic heterocycles. The summed E-state index contributed by atoms with van der Waals surface area (Å²) in [6.07, 6.45) is 8.85. The fourth-order valence-electron chi connectivity index (χ4n) is 0.319. The Hall–Kier alpha value is -1.16. The van der Waals surface area contributed by atoms with Gasteiger partial charge in [0, 0.05) is 6.42 Å². The summed E-state index contributed by atoms with van der Waals surface area (Å²) in [7, 11) is 0. The van der Waals surface area contributed by atoms with Crippen LogP contribution in [0.1, 0.15) is 41.0 Å². The van der Waals surface area contributed by atoms with Gasteiger partial charge < -0.3 is 4.74 Å². The SMILES string of the molecule is C#C.C=C(C)OC(=C)CC.CC(C)C. The highest BCUT2D eigenvalue weighted by Gasteiger charge is 1.87. The van der Waals surface area contributed by atoms with Crippen LogP contribution in [0.2, 0.25) is 0 Å². The summed E-state index contributed by atoms with van der Waals surface area (Å²) in [5, 5.41) is 0. The van der Waals surface area contributed by atoms with Gasteiger partial charge in [0.1, 0.15) is 0 Å². The highest BCUT2D eigenvalue weighted by atomic mass is 16.5. The van der Waals surface area contributed by atoms with E-state index in [9.17, 15) is 0 Å². The van der Waals surface area contributed by atoms with Crippen molar-refractivity contribution in [1.82, 2.24) is 0 Å². The Morgan fingerprint density at radius 2 is 1.50 bits per heavy atom. The van der Waals surface area contributed by atoms with Crippen LogP contribution in [0.4, 0.5) is 0 Å². The number of terminal acetylenes is 1. The van der Waals surface area contributed by atoms with E-state index in [0.29, 0.717) is 5.76 Å². The molecule has 0 bridgehead atoms. The molecule has 0 spiro atoms. The number of allylic oxidation sites excluding steroid dienone is 2. The van der Waals surface area contributed by atoms with Crippen molar-refractivity contribution in [3.05, 3.63) is 24.7 Å². The zero-order chi connectivity index (χ0) is 12.1. The molecule has 1 heteroatoms. The van der Waals surface area contributed by atoms with Crippen LogP contribution in [0.5, 0.6) is 0 Å². The lowest BCUT2D eigenvalue weighted by Crippen LogP contribution is -1.83. The third-order valence-electron chi connectivity index (χ3n) is 0.713. The topological polar surface area (TPSA) is 9.23 Å². The quantitative estimate of drug-likeness (QED) is 0.481. The van der Waals surface area contributed by atoms with Crippen molar-refractivity contribution in [3.63, 3.8) is 0 Å². The van der Waals surface area contributed by atoms with E-state index < -0.39 is 0 Å². The Labute approximate surface area is 89.9 Å². The number of hydrogen-bond donors (Lipinski definition) is 0. The molecule has 0 heterocycles. The molecule has 0 fully saturated rings. The first-order valence-electron chi connectivity index (χ1n) is 4.74. The highest BCUT2D eigenvalue weighted by Crippen LogP contribution is 2.03. The molecule has 0 aliphatic rings. The second-order valence-corrected chi connectivity index (χ2v) is 3.43. The van der Waals surface area contributed by atoms with Crippen LogP contribution >= 0.6 is 0 Å². The summed E-state index contributed by atoms with van der Waals surface area (Å²) in [5.41, 5.74) is 0. The van der Waals surface area contributed by atoms with Crippen LogP contribution in [-0.2, 0) is 4.74 Å². The van der Waals surface area contributed by atoms with Gasteiger partial charge in [-0.05, 0) is 12.8 Å². The van der Waals surface area contributed by atoms with E-state index in [0.717, 1.165) is 18.1 Å². The van der Waals surface area contributed by atoms with E-state index in [-0.39, 0.29) is 0 Å². The van der Waals surface area contributed by atoms with Crippen LogP contribution in [0.3, 0.4) is 0 Å². The van der Waals surface area contributed by atoms with Gasteiger partial charge >= 0.3 is 0 Å². The Morgan fingerprint density at radius 1 is 1.21 bits per heavy atom. The molecule has 0 N–H and O–H groups in total. The molecule has 0 radical (unpaired) electrons. The molecule has 0 aromatic carbocycles. The minimum Gasteiger partial charge on any atom is -0.468 e. The van der Waals surface area contributed by atoms with Gasteiger partial charge in [-0.15, -0.1) is 12.8 Å². The minimum absolute atomic E-state index is 0.705. The van der Waals surface area contributed by atoms with E-state index in [2.05, 4.69) is 46.8 Å². The molecule has 1 nitrogen and oxygen atoms in total. The maximum atomic E-state index is 5.01. The van der Waals surface area contributed by atoms with Gasteiger partial charge in [0.2, 0.25) is 0 Å². The predicted molar refractivity (Wildman–Crippen MR) is 65.7 cm³/mol. The van der Waals surface area contributed by atoms with Crippen molar-refractivity contribution in [2.45, 2.75) is 41.0 Å². The van der Waals surface area contributed by atoms with Crippen molar-refractivity contribution >= 4 is 0 Å². The molecule has 0 aliphatic heterocycles. The van der Waals surface area contributed by atoms with Crippen molar-refractivity contribution in [3.8, 4) is 12.8 Å². The molecule has 0 unspecified atom stereocenters. The molecular weight excluding hydrogens is 172 g/mol. The maximum Gasteiger partial charge on any atom is 0.0961 e. The Bertz CT molecular complexity index is 161. The molecule has 0 amide bonds. The summed E-state index contributed by atoms with van der Waals surface area (Å²) in [6, 6.07) is 0. The first-order chi connectivity index (χ1) is 6.40. The lowest BCUT2D eigenvalue weighted by atomic mass is 10.3. The molecule has 0 aliphatic carbocycles. The van der Waals surface area contributed by atoms with E-state index in [1.54, 1.807) is 6.92 Å². The average molecular weight is 196 g/mol. The van der Waals surface area contributed by atoms with Gasteiger partial charge in [-0.25, -0.2) is 0 Å². The zero-order valence-electron chi connectivity index (χ0n) is 10.3. The molecule has 0 saturated carbocycles. The third kappa shape index (κ3) is 44.8. The lowest BCUT2D eigenvalue weighted by molar-refractivity contribution is 0.300. The number of hydrogen-bond acceptors (Lipinski definition) is 1. The van der Waals surface area contributed by atoms with Gasteiger partial charge in [0.25, 0.3) is 0 Å². The van der Waals surface area contributed by atoms with Gasteiger partial charge in [-0.2, -0.15) is 0 Å². The second kappa shape index (κ2) is 14.4. The maximum absolute atomic E-state index is 5.01. The fraction of sp³-hybridized carbons (Fsp3) is 0.538. The standard InChI is InChI=1S/C7H12O.C4H10.C2H2/c1-5-7(4)8-6(2)3;1-4(2)3;1-2/h2,4-5H2,1,3H3;4H,1-3H3;1-2H. The third-order valence-corrected chi connectivity index (χ3v) is 0.713. The number of rotatable bonds is 3. The first-order valence-corrected chi connectivity index (χ1v) is 4.74. The summed E-state index contributed by atoms with van der Waals surface area (Å²) in [4.78, 5) is 0. The first kappa shape index (κ1) is 18.6. The molecule has 0 saturated heterocycles. The Kier molecular flexibility index (Phi) is 19.1. The van der Waals surface area contributed by atoms with E-state index in [4.69, 9.17) is 4.74 Å². The average Bonchev–Trinajstić information content (AvgIpc) is 2.06. The van der Waals surface area contributed by atoms with E-state index in [1.165, 1.54) is 0 Å². The van der Waals surface area contributed by atoms with Gasteiger partial charge in [0.05, 0.1) is 11.5 Å². The van der Waals surface area contributed by atoms with E-state index >= 15 is 0 Å². The van der Waals surface area contributed by atoms with Crippen LogP contribution in [-0.4, -0.2) is 0 Å². The lowest BCUT2D eigenvalue weighted by Gasteiger charge is -2.02. The normalized spacial score (nSPS) is 7.43. The largest absolute Gasteiger partial charge is 0.468 e. The predicted octanol–water partition coefficient (Wildman–Crippen LogP) is 4.37. The Morgan fingerprint density at radius 3 is 1.57 bits per heavy atom. The minimum atomic E-state index is 0.705.